The van der Waals surface area contributed by atoms with Gasteiger partial charge in [-0.1, -0.05) is 54.4 Å². The molecule has 0 aliphatic rings. The smallest absolute Gasteiger partial charge is 0.264 e. The number of aryl methyl sites for hydroxylation is 1. The molecule has 0 aliphatic heterocycles. The van der Waals surface area contributed by atoms with E-state index in [0.29, 0.717) is 11.0 Å². The lowest BCUT2D eigenvalue weighted by Gasteiger charge is -2.15. The van der Waals surface area contributed by atoms with Gasteiger partial charge in [-0.25, -0.2) is 18.4 Å². The summed E-state index contributed by atoms with van der Waals surface area (Å²) in [5.41, 5.74) is 3.07. The zero-order valence-corrected chi connectivity index (χ0v) is 18.8. The Balaban J connectivity index is 1.80. The lowest BCUT2D eigenvalue weighted by Crippen LogP contribution is -2.16. The maximum Gasteiger partial charge on any atom is 0.264 e. The average Bonchev–Trinajstić information content (AvgIpc) is 2.75. The van der Waals surface area contributed by atoms with Gasteiger partial charge >= 0.3 is 0 Å². The Labute approximate surface area is 190 Å². The summed E-state index contributed by atoms with van der Waals surface area (Å²) in [7, 11) is -4.07. The van der Waals surface area contributed by atoms with Crippen molar-refractivity contribution in [3.63, 3.8) is 0 Å². The highest BCUT2D eigenvalue weighted by molar-refractivity contribution is 7.92. The normalized spacial score (nSPS) is 11.5. The summed E-state index contributed by atoms with van der Waals surface area (Å²) in [5.74, 6) is 0.324. The number of nitrogens with one attached hydrogen (secondary N) is 2. The van der Waals surface area contributed by atoms with Crippen LogP contribution in [0.5, 0.6) is 0 Å². The van der Waals surface area contributed by atoms with E-state index < -0.39 is 10.0 Å². The number of aromatic nitrogens is 2. The van der Waals surface area contributed by atoms with E-state index >= 15 is 0 Å². The molecule has 1 heterocycles. The Kier molecular flexibility index (Phi) is 6.00. The van der Waals surface area contributed by atoms with Crippen LogP contribution in [-0.4, -0.2) is 18.4 Å². The summed E-state index contributed by atoms with van der Waals surface area (Å²) < 4.78 is 28.6. The molecule has 3 aromatic carbocycles. The van der Waals surface area contributed by atoms with E-state index in [4.69, 9.17) is 23.2 Å². The largest absolute Gasteiger partial charge is 0.337 e. The molecule has 2 N–H and O–H groups in total. The van der Waals surface area contributed by atoms with Crippen molar-refractivity contribution in [1.82, 2.24) is 9.97 Å². The van der Waals surface area contributed by atoms with Gasteiger partial charge in [0, 0.05) is 10.7 Å². The monoisotopic (exact) mass is 472 g/mol. The molecule has 9 heteroatoms. The predicted molar refractivity (Wildman–Crippen MR) is 126 cm³/mol. The molecule has 0 saturated heterocycles. The number of halogens is 2. The second-order valence-corrected chi connectivity index (χ2v) is 9.26. The molecular weight excluding hydrogens is 455 g/mol. The molecule has 0 bridgehead atoms. The van der Waals surface area contributed by atoms with Gasteiger partial charge in [0.15, 0.2) is 11.6 Å². The molecule has 1 aromatic heterocycles. The Morgan fingerprint density at radius 2 is 1.58 bits per heavy atom. The minimum Gasteiger partial charge on any atom is -0.337 e. The number of fused-ring (bicyclic) bond motifs is 1. The van der Waals surface area contributed by atoms with Crippen LogP contribution in [0.1, 0.15) is 12.5 Å². The number of hydrogen-bond acceptors (Lipinski definition) is 5. The maximum atomic E-state index is 13.1. The van der Waals surface area contributed by atoms with E-state index in [9.17, 15) is 8.42 Å². The van der Waals surface area contributed by atoms with Crippen molar-refractivity contribution in [3.8, 4) is 0 Å². The fourth-order valence-corrected chi connectivity index (χ4v) is 4.80. The van der Waals surface area contributed by atoms with E-state index in [1.807, 2.05) is 36.4 Å². The Morgan fingerprint density at radius 1 is 0.871 bits per heavy atom. The van der Waals surface area contributed by atoms with Crippen LogP contribution in [0.4, 0.5) is 17.3 Å². The number of rotatable bonds is 6. The van der Waals surface area contributed by atoms with Crippen LogP contribution in [0.25, 0.3) is 11.0 Å². The molecule has 0 spiro atoms. The van der Waals surface area contributed by atoms with Crippen molar-refractivity contribution >= 4 is 61.6 Å². The van der Waals surface area contributed by atoms with Gasteiger partial charge in [0.25, 0.3) is 10.0 Å². The van der Waals surface area contributed by atoms with Crippen molar-refractivity contribution in [3.05, 3.63) is 82.3 Å². The SMILES string of the molecule is CCc1cccc(Nc2nc3ccccc3nc2NS(=O)(=O)c2cc(Cl)ccc2Cl)c1. The Bertz CT molecular complexity index is 1380. The van der Waals surface area contributed by atoms with Gasteiger partial charge < -0.3 is 5.32 Å². The highest BCUT2D eigenvalue weighted by Crippen LogP contribution is 2.30. The maximum absolute atomic E-state index is 13.1. The molecule has 4 rings (SSSR count). The third-order valence-electron chi connectivity index (χ3n) is 4.58. The van der Waals surface area contributed by atoms with Gasteiger partial charge in [0.1, 0.15) is 4.90 Å². The second kappa shape index (κ2) is 8.70. The second-order valence-electron chi connectivity index (χ2n) is 6.77. The first-order valence-electron chi connectivity index (χ1n) is 9.46. The van der Waals surface area contributed by atoms with Crippen molar-refractivity contribution in [1.29, 1.82) is 0 Å². The molecule has 0 amide bonds. The lowest BCUT2D eigenvalue weighted by atomic mass is 10.1. The summed E-state index contributed by atoms with van der Waals surface area (Å²) >= 11 is 12.1. The Morgan fingerprint density at radius 3 is 2.29 bits per heavy atom. The van der Waals surface area contributed by atoms with Crippen LogP contribution in [0, 0.1) is 0 Å². The first-order chi connectivity index (χ1) is 14.9. The number of sulfonamides is 1. The van der Waals surface area contributed by atoms with Crippen molar-refractivity contribution in [2.75, 3.05) is 10.0 Å². The van der Waals surface area contributed by atoms with Gasteiger partial charge in [-0.05, 0) is 54.4 Å². The molecule has 0 atom stereocenters. The van der Waals surface area contributed by atoms with E-state index in [1.165, 1.54) is 18.2 Å². The molecule has 0 unspecified atom stereocenters. The van der Waals surface area contributed by atoms with E-state index in [-0.39, 0.29) is 26.6 Å². The number of nitrogens with zero attached hydrogens (tertiary/aromatic N) is 2. The van der Waals surface area contributed by atoms with Crippen LogP contribution in [-0.2, 0) is 16.4 Å². The van der Waals surface area contributed by atoms with Gasteiger partial charge in [-0.15, -0.1) is 0 Å². The van der Waals surface area contributed by atoms with Crippen LogP contribution >= 0.6 is 23.2 Å². The standard InChI is InChI=1S/C22H18Cl2N4O2S/c1-2-14-6-5-7-16(12-14)25-21-22(27-19-9-4-3-8-18(19)26-21)28-31(29,30)20-13-15(23)10-11-17(20)24/h3-13H,2H2,1H3,(H,25,26)(H,27,28). The van der Waals surface area contributed by atoms with Crippen molar-refractivity contribution < 1.29 is 8.42 Å². The fourth-order valence-electron chi connectivity index (χ4n) is 3.03. The van der Waals surface area contributed by atoms with Gasteiger partial charge in [-0.3, -0.25) is 4.72 Å². The number of hydrogen-bond donors (Lipinski definition) is 2. The third kappa shape index (κ3) is 4.74. The molecule has 6 nitrogen and oxygen atoms in total. The Hall–Kier alpha value is -2.87. The predicted octanol–water partition coefficient (Wildman–Crippen LogP) is 6.04. The van der Waals surface area contributed by atoms with E-state index in [2.05, 4.69) is 26.9 Å². The summed E-state index contributed by atoms with van der Waals surface area (Å²) in [6, 6.07) is 19.2. The van der Waals surface area contributed by atoms with Gasteiger partial charge in [-0.2, -0.15) is 0 Å². The third-order valence-corrected chi connectivity index (χ3v) is 6.64. The summed E-state index contributed by atoms with van der Waals surface area (Å²) in [6.07, 6.45) is 0.867. The topological polar surface area (TPSA) is 84.0 Å². The summed E-state index contributed by atoms with van der Waals surface area (Å²) in [5, 5.41) is 3.49. The minimum atomic E-state index is -4.07. The quantitative estimate of drug-likeness (QED) is 0.357. The zero-order valence-electron chi connectivity index (χ0n) is 16.4. The van der Waals surface area contributed by atoms with Crippen molar-refractivity contribution in [2.45, 2.75) is 18.2 Å². The molecule has 31 heavy (non-hydrogen) atoms. The molecule has 4 aromatic rings. The van der Waals surface area contributed by atoms with Crippen LogP contribution in [0.2, 0.25) is 10.0 Å². The van der Waals surface area contributed by atoms with E-state index in [1.54, 1.807) is 12.1 Å². The molecule has 158 valence electrons. The zero-order chi connectivity index (χ0) is 22.0. The highest BCUT2D eigenvalue weighted by atomic mass is 35.5. The van der Waals surface area contributed by atoms with Gasteiger partial charge in [0.2, 0.25) is 0 Å². The summed E-state index contributed by atoms with van der Waals surface area (Å²) in [4.78, 5) is 8.93. The van der Waals surface area contributed by atoms with Crippen LogP contribution in [0.3, 0.4) is 0 Å². The highest BCUT2D eigenvalue weighted by Gasteiger charge is 2.22. The lowest BCUT2D eigenvalue weighted by molar-refractivity contribution is 0.601. The van der Waals surface area contributed by atoms with Crippen molar-refractivity contribution in [2.24, 2.45) is 0 Å². The number of anilines is 3. The first kappa shape index (κ1) is 21.4. The minimum absolute atomic E-state index is 0.0517. The molecule has 0 aliphatic carbocycles. The molecule has 0 fully saturated rings. The van der Waals surface area contributed by atoms with Crippen LogP contribution in [0.15, 0.2) is 71.6 Å². The molecule has 0 saturated carbocycles. The molecular formula is C22H18Cl2N4O2S. The van der Waals surface area contributed by atoms with E-state index in [0.717, 1.165) is 17.7 Å². The summed E-state index contributed by atoms with van der Waals surface area (Å²) in [6.45, 7) is 2.06. The number of para-hydroxylation sites is 2. The number of benzene rings is 3. The molecule has 0 radical (unpaired) electrons. The average molecular weight is 473 g/mol. The van der Waals surface area contributed by atoms with Gasteiger partial charge in [0.05, 0.1) is 16.1 Å². The fraction of sp³-hybridized carbons (Fsp3) is 0.0909. The van der Waals surface area contributed by atoms with Crippen LogP contribution < -0.4 is 10.0 Å². The first-order valence-corrected chi connectivity index (χ1v) is 11.7.